The van der Waals surface area contributed by atoms with Crippen LogP contribution in [0, 0.1) is 12.5 Å². The summed E-state index contributed by atoms with van der Waals surface area (Å²) in [6.07, 6.45) is 1.63. The number of amides is 1. The van der Waals surface area contributed by atoms with Gasteiger partial charge in [-0.1, -0.05) is 20.3 Å². The second-order valence-electron chi connectivity index (χ2n) is 4.60. The number of carbonyl (C=O) groups is 1. The molecule has 0 fully saturated rings. The predicted molar refractivity (Wildman–Crippen MR) is 57.7 cm³/mol. The van der Waals surface area contributed by atoms with E-state index in [2.05, 4.69) is 19.2 Å². The number of hydrogen-bond acceptors (Lipinski definition) is 2. The molecule has 1 radical (unpaired) electrons. The van der Waals surface area contributed by atoms with Crippen molar-refractivity contribution in [2.45, 2.75) is 53.1 Å². The number of carbonyl (C=O) groups excluding carboxylic acids is 1. The summed E-state index contributed by atoms with van der Waals surface area (Å²) in [5.74, 6) is 0.602. The Bertz CT molecular complexity index is 173. The van der Waals surface area contributed by atoms with Crippen LogP contribution in [0.2, 0.25) is 0 Å². The van der Waals surface area contributed by atoms with E-state index in [0.717, 1.165) is 12.8 Å². The Morgan fingerprint density at radius 1 is 1.50 bits per heavy atom. The van der Waals surface area contributed by atoms with Crippen LogP contribution in [0.5, 0.6) is 0 Å². The minimum atomic E-state index is -0.422. The molecular formula is C11H22NO2. The van der Waals surface area contributed by atoms with Gasteiger partial charge in [0, 0.05) is 0 Å². The normalized spacial score (nSPS) is 13.5. The first kappa shape index (κ1) is 13.3. The lowest BCUT2D eigenvalue weighted by molar-refractivity contribution is 0.0540. The molecule has 0 bridgehead atoms. The van der Waals surface area contributed by atoms with Crippen LogP contribution < -0.4 is 5.32 Å². The van der Waals surface area contributed by atoms with Crippen molar-refractivity contribution in [3.63, 3.8) is 0 Å². The second kappa shape index (κ2) is 5.89. The van der Waals surface area contributed by atoms with Gasteiger partial charge in [-0.3, -0.25) is 0 Å². The fourth-order valence-corrected chi connectivity index (χ4v) is 0.818. The van der Waals surface area contributed by atoms with Crippen LogP contribution in [-0.2, 0) is 4.74 Å². The molecule has 0 rings (SSSR count). The molecule has 14 heavy (non-hydrogen) atoms. The Hall–Kier alpha value is -0.730. The molecule has 0 aliphatic rings. The quantitative estimate of drug-likeness (QED) is 0.757. The SMILES string of the molecule is CC[C@H](C)C[CH]NC(=O)OC(C)(C)C. The molecule has 0 aliphatic heterocycles. The monoisotopic (exact) mass is 200 g/mol. The highest BCUT2D eigenvalue weighted by Gasteiger charge is 2.15. The van der Waals surface area contributed by atoms with E-state index in [-0.39, 0.29) is 6.09 Å². The lowest BCUT2D eigenvalue weighted by Crippen LogP contribution is -2.31. The molecule has 0 aliphatic carbocycles. The molecule has 3 nitrogen and oxygen atoms in total. The van der Waals surface area contributed by atoms with Crippen LogP contribution >= 0.6 is 0 Å². The van der Waals surface area contributed by atoms with Crippen molar-refractivity contribution in [1.29, 1.82) is 0 Å². The molecular weight excluding hydrogens is 178 g/mol. The summed E-state index contributed by atoms with van der Waals surface area (Å²) in [5, 5.41) is 2.62. The van der Waals surface area contributed by atoms with Gasteiger partial charge in [-0.25, -0.2) is 4.79 Å². The minimum absolute atomic E-state index is 0.374. The summed E-state index contributed by atoms with van der Waals surface area (Å²) in [5.41, 5.74) is -0.422. The predicted octanol–water partition coefficient (Wildman–Crippen LogP) is 3.11. The average molecular weight is 200 g/mol. The fourth-order valence-electron chi connectivity index (χ4n) is 0.818. The molecule has 0 aromatic heterocycles. The van der Waals surface area contributed by atoms with Crippen molar-refractivity contribution in [1.82, 2.24) is 5.32 Å². The third-order valence-electron chi connectivity index (χ3n) is 1.84. The fraction of sp³-hybridized carbons (Fsp3) is 0.818. The van der Waals surface area contributed by atoms with Gasteiger partial charge in [0.2, 0.25) is 0 Å². The lowest BCUT2D eigenvalue weighted by Gasteiger charge is -2.19. The molecule has 0 unspecified atom stereocenters. The van der Waals surface area contributed by atoms with Crippen LogP contribution in [0.15, 0.2) is 0 Å². The molecule has 0 saturated carbocycles. The molecule has 83 valence electrons. The summed E-state index contributed by atoms with van der Waals surface area (Å²) < 4.78 is 5.07. The van der Waals surface area contributed by atoms with Crippen molar-refractivity contribution < 1.29 is 9.53 Å². The Morgan fingerprint density at radius 3 is 2.50 bits per heavy atom. The van der Waals surface area contributed by atoms with Gasteiger partial charge in [0.25, 0.3) is 0 Å². The first-order valence-electron chi connectivity index (χ1n) is 5.16. The maximum absolute atomic E-state index is 11.2. The summed E-state index contributed by atoms with van der Waals surface area (Å²) in [6.45, 7) is 11.6. The molecule has 1 atom stereocenters. The number of rotatable bonds is 4. The number of nitrogens with one attached hydrogen (secondary N) is 1. The van der Waals surface area contributed by atoms with Crippen molar-refractivity contribution in [3.8, 4) is 0 Å². The van der Waals surface area contributed by atoms with E-state index >= 15 is 0 Å². The number of hydrogen-bond donors (Lipinski definition) is 1. The van der Waals surface area contributed by atoms with E-state index in [1.54, 1.807) is 6.54 Å². The van der Waals surface area contributed by atoms with Crippen LogP contribution in [0.1, 0.15) is 47.5 Å². The molecule has 0 spiro atoms. The van der Waals surface area contributed by atoms with Crippen LogP contribution in [-0.4, -0.2) is 11.7 Å². The van der Waals surface area contributed by atoms with Crippen LogP contribution in [0.3, 0.4) is 0 Å². The highest BCUT2D eigenvalue weighted by Crippen LogP contribution is 2.09. The van der Waals surface area contributed by atoms with E-state index in [1.807, 2.05) is 20.8 Å². The lowest BCUT2D eigenvalue weighted by atomic mass is 10.1. The second-order valence-corrected chi connectivity index (χ2v) is 4.60. The van der Waals surface area contributed by atoms with Gasteiger partial charge in [-0.05, 0) is 33.1 Å². The first-order chi connectivity index (χ1) is 6.35. The Kier molecular flexibility index (Phi) is 5.58. The van der Waals surface area contributed by atoms with Gasteiger partial charge in [0.05, 0.1) is 6.54 Å². The molecule has 0 heterocycles. The number of ether oxygens (including phenoxy) is 1. The van der Waals surface area contributed by atoms with Gasteiger partial charge in [0.1, 0.15) is 5.60 Å². The maximum atomic E-state index is 11.2. The smallest absolute Gasteiger partial charge is 0.407 e. The first-order valence-corrected chi connectivity index (χ1v) is 5.16. The Balaban J connectivity index is 3.55. The topological polar surface area (TPSA) is 38.3 Å². The van der Waals surface area contributed by atoms with Crippen molar-refractivity contribution >= 4 is 6.09 Å². The standard InChI is InChI=1S/C11H22NO2/c1-6-9(2)7-8-12-10(13)14-11(3,4)5/h8-9H,6-7H2,1-5H3,(H,12,13)/t9-/m0/s1. The highest BCUT2D eigenvalue weighted by atomic mass is 16.6. The van der Waals surface area contributed by atoms with Crippen molar-refractivity contribution in [3.05, 3.63) is 6.54 Å². The molecule has 0 aromatic carbocycles. The summed E-state index contributed by atoms with van der Waals surface area (Å²) in [6, 6.07) is 0. The zero-order valence-electron chi connectivity index (χ0n) is 9.89. The zero-order chi connectivity index (χ0) is 11.2. The van der Waals surface area contributed by atoms with E-state index in [9.17, 15) is 4.79 Å². The average Bonchev–Trinajstić information content (AvgIpc) is 2.00. The molecule has 1 amide bonds. The number of alkyl carbamates (subject to hydrolysis) is 1. The maximum Gasteiger partial charge on any atom is 0.407 e. The zero-order valence-corrected chi connectivity index (χ0v) is 9.89. The Labute approximate surface area is 87.2 Å². The van der Waals surface area contributed by atoms with Gasteiger partial charge in [0.15, 0.2) is 0 Å². The van der Waals surface area contributed by atoms with Gasteiger partial charge >= 0.3 is 6.09 Å². The van der Waals surface area contributed by atoms with Gasteiger partial charge < -0.3 is 10.1 Å². The van der Waals surface area contributed by atoms with E-state index in [1.165, 1.54) is 0 Å². The largest absolute Gasteiger partial charge is 0.444 e. The van der Waals surface area contributed by atoms with Crippen molar-refractivity contribution in [2.24, 2.45) is 5.92 Å². The van der Waals surface area contributed by atoms with Gasteiger partial charge in [-0.15, -0.1) is 0 Å². The molecule has 3 heteroatoms. The van der Waals surface area contributed by atoms with Crippen LogP contribution in [0.4, 0.5) is 4.79 Å². The summed E-state index contributed by atoms with van der Waals surface area (Å²) in [4.78, 5) is 11.2. The molecule has 0 saturated heterocycles. The van der Waals surface area contributed by atoms with E-state index in [4.69, 9.17) is 4.74 Å². The Morgan fingerprint density at radius 2 is 2.07 bits per heavy atom. The molecule has 0 aromatic rings. The van der Waals surface area contributed by atoms with E-state index in [0.29, 0.717) is 5.92 Å². The third-order valence-corrected chi connectivity index (χ3v) is 1.84. The van der Waals surface area contributed by atoms with Gasteiger partial charge in [-0.2, -0.15) is 0 Å². The van der Waals surface area contributed by atoms with Crippen molar-refractivity contribution in [2.75, 3.05) is 0 Å². The third kappa shape index (κ3) is 7.90. The van der Waals surface area contributed by atoms with E-state index < -0.39 is 5.60 Å². The molecule has 1 N–H and O–H groups in total. The summed E-state index contributed by atoms with van der Waals surface area (Å²) >= 11 is 0. The summed E-state index contributed by atoms with van der Waals surface area (Å²) in [7, 11) is 0. The minimum Gasteiger partial charge on any atom is -0.444 e. The van der Waals surface area contributed by atoms with Crippen LogP contribution in [0.25, 0.3) is 0 Å². The highest BCUT2D eigenvalue weighted by molar-refractivity contribution is 5.68.